The van der Waals surface area contributed by atoms with Gasteiger partial charge in [-0.05, 0) is 332 Å². The van der Waals surface area contributed by atoms with Gasteiger partial charge in [-0.2, -0.15) is 0 Å². The van der Waals surface area contributed by atoms with Gasteiger partial charge in [0, 0.05) is 25.7 Å². The second-order valence-corrected chi connectivity index (χ2v) is 33.5. The van der Waals surface area contributed by atoms with E-state index in [4.69, 9.17) is 0 Å². The molecule has 0 unspecified atom stereocenters. The molecule has 0 amide bonds. The van der Waals surface area contributed by atoms with Crippen LogP contribution in [0.25, 0.3) is 260 Å². The molecular weight excluding hydrogens is 1450 g/mol. The van der Waals surface area contributed by atoms with Crippen molar-refractivity contribution in [2.75, 3.05) is 0 Å². The molecule has 0 spiro atoms. The van der Waals surface area contributed by atoms with Crippen LogP contribution in [-0.4, -0.2) is 0 Å². The lowest BCUT2D eigenvalue weighted by Gasteiger charge is -2.17. The Kier molecular flexibility index (Phi) is 15.1. The van der Waals surface area contributed by atoms with Gasteiger partial charge in [-0.3, -0.25) is 0 Å². The van der Waals surface area contributed by atoms with Crippen LogP contribution in [0, 0.1) is 0 Å². The van der Waals surface area contributed by atoms with E-state index < -0.39 is 0 Å². The number of thiophene rings is 1. The van der Waals surface area contributed by atoms with Crippen LogP contribution in [0.5, 0.6) is 0 Å². The lowest BCUT2D eigenvalue weighted by atomic mass is 9.86. The Hall–Kier alpha value is -15.1. The number of hydrogen-bond donors (Lipinski definition) is 0. The summed E-state index contributed by atoms with van der Waals surface area (Å²) >= 11 is 1.90. The summed E-state index contributed by atoms with van der Waals surface area (Å²) < 4.78 is 2.58. The van der Waals surface area contributed by atoms with Gasteiger partial charge in [0.05, 0.1) is 0 Å². The Balaban J connectivity index is 0.606. The first kappa shape index (κ1) is 67.2. The first-order valence-electron chi connectivity index (χ1n) is 41.3. The molecule has 24 aromatic carbocycles. The molecule has 25 rings (SSSR count). The summed E-state index contributed by atoms with van der Waals surface area (Å²) in [6, 6.07) is 161. The van der Waals surface area contributed by atoms with Crippen LogP contribution in [0.15, 0.2) is 425 Å². The first-order valence-corrected chi connectivity index (χ1v) is 42.1. The van der Waals surface area contributed by atoms with Crippen LogP contribution in [0.1, 0.15) is 0 Å². The summed E-state index contributed by atoms with van der Waals surface area (Å²) in [5, 5.41) is 35.2. The van der Waals surface area contributed by atoms with E-state index >= 15 is 0 Å². The molecule has 548 valence electrons. The number of rotatable bonds is 9. The van der Waals surface area contributed by atoms with Gasteiger partial charge in [0.25, 0.3) is 0 Å². The lowest BCUT2D eigenvalue weighted by Crippen LogP contribution is -1.90. The highest BCUT2D eigenvalue weighted by Gasteiger charge is 2.22. The predicted molar refractivity (Wildman–Crippen MR) is 516 cm³/mol. The fourth-order valence-electron chi connectivity index (χ4n) is 20.2. The summed E-state index contributed by atoms with van der Waals surface area (Å²) in [6.07, 6.45) is 0. The van der Waals surface area contributed by atoms with Gasteiger partial charge in [-0.1, -0.05) is 328 Å². The van der Waals surface area contributed by atoms with Crippen LogP contribution < -0.4 is 0 Å². The first-order chi connectivity index (χ1) is 58.9. The van der Waals surface area contributed by atoms with Crippen molar-refractivity contribution >= 4 is 172 Å². The third-order valence-electron chi connectivity index (χ3n) is 25.9. The minimum Gasteiger partial charge on any atom is -0.135 e. The third kappa shape index (κ3) is 10.9. The molecule has 0 aliphatic heterocycles. The number of fused-ring (bicyclic) bond motifs is 26. The normalized spacial score (nSPS) is 12.0. The topological polar surface area (TPSA) is 0 Å². The van der Waals surface area contributed by atoms with Gasteiger partial charge in [0.2, 0.25) is 0 Å². The van der Waals surface area contributed by atoms with E-state index in [0.29, 0.717) is 0 Å². The number of benzene rings is 24. The minimum absolute atomic E-state index is 1.16. The van der Waals surface area contributed by atoms with E-state index in [9.17, 15) is 0 Å². The maximum absolute atomic E-state index is 2.49. The van der Waals surface area contributed by atoms with Crippen LogP contribution >= 0.6 is 11.3 Å². The van der Waals surface area contributed by atoms with Crippen molar-refractivity contribution in [1.29, 1.82) is 0 Å². The molecule has 0 nitrogen and oxygen atoms in total. The van der Waals surface area contributed by atoms with E-state index in [1.165, 1.54) is 249 Å². The van der Waals surface area contributed by atoms with Crippen LogP contribution in [0.4, 0.5) is 0 Å². The van der Waals surface area contributed by atoms with Crippen LogP contribution in [0.2, 0.25) is 0 Å². The largest absolute Gasteiger partial charge is 0.135 e. The minimum atomic E-state index is 1.16. The van der Waals surface area contributed by atoms with Crippen molar-refractivity contribution < 1.29 is 0 Å². The average Bonchev–Trinajstić information content (AvgIpc) is 1.26. The Morgan fingerprint density at radius 2 is 0.412 bits per heavy atom. The molecule has 0 bridgehead atoms. The van der Waals surface area contributed by atoms with Crippen molar-refractivity contribution in [2.45, 2.75) is 0 Å². The second kappa shape index (κ2) is 26.7. The maximum Gasteiger partial charge on any atom is 0.0434 e. The molecule has 0 aliphatic rings. The Morgan fingerprint density at radius 3 is 0.975 bits per heavy atom. The van der Waals surface area contributed by atoms with Crippen molar-refractivity contribution in [2.24, 2.45) is 0 Å². The van der Waals surface area contributed by atoms with Gasteiger partial charge in [0.15, 0.2) is 0 Å². The molecule has 25 aromatic rings. The Bertz CT molecular complexity index is 8590. The van der Waals surface area contributed by atoms with E-state index in [1.54, 1.807) is 0 Å². The average molecular weight is 1520 g/mol. The van der Waals surface area contributed by atoms with Crippen LogP contribution in [-0.2, 0) is 0 Å². The van der Waals surface area contributed by atoms with E-state index in [-0.39, 0.29) is 0 Å². The molecule has 1 heterocycles. The van der Waals surface area contributed by atoms with Gasteiger partial charge in [-0.15, -0.1) is 11.3 Å². The van der Waals surface area contributed by atoms with E-state index in [1.807, 2.05) is 11.3 Å². The SMILES string of the molecule is c1cc(-c2cc(-c3cc(-c4ccc5c6ccccc6c6ccccc6c5c4)c4sc5ccccc5c4c3)cc(-c3ccc4c5ccccc5c5ccccc5c4c3)c2)cc(-c2ccc3c(c2)c2ccccc2c2c(-c4ccc5c(c4)cc(-c4cccc(-c6ccc7cc(-c8ccc9ccccc9c8)ccc7c6)c4)c4ccccc45)cccc32)c1. The molecule has 0 atom stereocenters. The third-order valence-corrected chi connectivity index (χ3v) is 27.1. The van der Waals surface area contributed by atoms with Crippen LogP contribution in [0.3, 0.4) is 0 Å². The van der Waals surface area contributed by atoms with Crippen molar-refractivity contribution in [1.82, 2.24) is 0 Å². The Labute approximate surface area is 691 Å². The van der Waals surface area contributed by atoms with E-state index in [2.05, 4.69) is 425 Å². The fourth-order valence-corrected chi connectivity index (χ4v) is 21.4. The molecule has 0 fully saturated rings. The highest BCUT2D eigenvalue weighted by molar-refractivity contribution is 7.26. The number of hydrogen-bond acceptors (Lipinski definition) is 1. The highest BCUT2D eigenvalue weighted by atomic mass is 32.1. The second-order valence-electron chi connectivity index (χ2n) is 32.4. The maximum atomic E-state index is 2.49. The molecule has 119 heavy (non-hydrogen) atoms. The quantitative estimate of drug-likeness (QED) is 0.126. The summed E-state index contributed by atoms with van der Waals surface area (Å²) in [6.45, 7) is 0. The van der Waals surface area contributed by atoms with Crippen molar-refractivity contribution in [3.05, 3.63) is 425 Å². The van der Waals surface area contributed by atoms with Gasteiger partial charge in [-0.25, -0.2) is 0 Å². The molecule has 1 aromatic heterocycles. The molecule has 0 radical (unpaired) electrons. The summed E-state index contributed by atoms with van der Waals surface area (Å²) in [7, 11) is 0. The summed E-state index contributed by atoms with van der Waals surface area (Å²) in [5.41, 5.74) is 21.5. The zero-order valence-corrected chi connectivity index (χ0v) is 65.6. The molecular formula is C118H70S. The highest BCUT2D eigenvalue weighted by Crippen LogP contribution is 2.50. The zero-order valence-electron chi connectivity index (χ0n) is 64.8. The molecule has 1 heteroatoms. The molecule has 0 saturated carbocycles. The van der Waals surface area contributed by atoms with Crippen molar-refractivity contribution in [3.8, 4) is 100 Å². The van der Waals surface area contributed by atoms with Crippen molar-refractivity contribution in [3.63, 3.8) is 0 Å². The summed E-state index contributed by atoms with van der Waals surface area (Å²) in [5.74, 6) is 0. The summed E-state index contributed by atoms with van der Waals surface area (Å²) in [4.78, 5) is 0. The van der Waals surface area contributed by atoms with E-state index in [0.717, 1.165) is 11.1 Å². The molecule has 0 saturated heterocycles. The van der Waals surface area contributed by atoms with Gasteiger partial charge >= 0.3 is 0 Å². The zero-order chi connectivity index (χ0) is 77.9. The molecule has 0 aliphatic carbocycles. The monoisotopic (exact) mass is 1520 g/mol. The smallest absolute Gasteiger partial charge is 0.0434 e. The van der Waals surface area contributed by atoms with Gasteiger partial charge < -0.3 is 0 Å². The molecule has 0 N–H and O–H groups in total. The fraction of sp³-hybridized carbons (Fsp3) is 0. The van der Waals surface area contributed by atoms with Gasteiger partial charge in [0.1, 0.15) is 0 Å². The predicted octanol–water partition coefficient (Wildman–Crippen LogP) is 34.0. The standard InChI is InChI=1S/C118H70S/c1-2-21-72-56-77(43-42-71(72)20-1)79-47-46-78-58-76(44-45-80(78)59-79)74-23-18-25-83(60-74)110-70-90-61-84(50-52-91(90)93-26-3-10-33-100(93)110)92-39-19-40-109-106-54-48-81(65-113(106)103-36-13-14-38-108(103)117(92)109)73-22-17-24-75(57-73)86-62-87(82-49-53-104-98-31-6-4-27-94(98)96-29-8-11-34-101(96)112(104)66-82)64-88(63-86)89-68-111(118-115(69-89)107-37-15-16-41-116(107)119-118)85-51-55-105-99-32-7-5-28-95(99)97-30-9-12-35-102(97)114(105)67-85/h1-70H. The Morgan fingerprint density at radius 1 is 0.118 bits per heavy atom. The lowest BCUT2D eigenvalue weighted by molar-refractivity contribution is 1.57.